The second kappa shape index (κ2) is 4.53. The van der Waals surface area contributed by atoms with Crippen molar-refractivity contribution in [3.63, 3.8) is 0 Å². The lowest BCUT2D eigenvalue weighted by Gasteiger charge is -2.33. The molecule has 0 fully saturated rings. The third kappa shape index (κ3) is 2.52. The molecule has 0 aliphatic heterocycles. The van der Waals surface area contributed by atoms with Crippen LogP contribution in [0.5, 0.6) is 0 Å². The largest absolute Gasteiger partial charge is 0.467 e. The van der Waals surface area contributed by atoms with Gasteiger partial charge < -0.3 is 9.64 Å². The maximum absolute atomic E-state index is 11.6. The van der Waals surface area contributed by atoms with Gasteiger partial charge in [-0.3, -0.25) is 0 Å². The molecule has 0 amide bonds. The second-order valence-electron chi connectivity index (χ2n) is 3.71. The zero-order chi connectivity index (χ0) is 11.6. The van der Waals surface area contributed by atoms with Crippen LogP contribution in [0.3, 0.4) is 0 Å². The summed E-state index contributed by atoms with van der Waals surface area (Å²) in [6.45, 7) is 3.68. The molecule has 1 rings (SSSR count). The molecule has 0 atom stereocenters. The predicted molar refractivity (Wildman–Crippen MR) is 66.5 cm³/mol. The molecule has 0 radical (unpaired) electrons. The van der Waals surface area contributed by atoms with Gasteiger partial charge in [0.15, 0.2) is 0 Å². The summed E-state index contributed by atoms with van der Waals surface area (Å²) in [6.07, 6.45) is 0. The Morgan fingerprint density at radius 3 is 2.60 bits per heavy atom. The number of nitrogens with zero attached hydrogens (tertiary/aromatic N) is 1. The molecule has 0 saturated heterocycles. The van der Waals surface area contributed by atoms with E-state index in [0.717, 1.165) is 9.47 Å². The molecule has 0 spiro atoms. The number of anilines is 1. The fraction of sp³-hybridized carbons (Fsp3) is 0.500. The van der Waals surface area contributed by atoms with Crippen LogP contribution in [0.2, 0.25) is 0 Å². The van der Waals surface area contributed by atoms with Crippen LogP contribution in [-0.4, -0.2) is 25.7 Å². The van der Waals surface area contributed by atoms with Gasteiger partial charge in [-0.15, -0.1) is 11.3 Å². The first-order chi connectivity index (χ1) is 6.89. The number of hydrogen-bond acceptors (Lipinski definition) is 4. The minimum Gasteiger partial charge on any atom is -0.467 e. The molecule has 3 nitrogen and oxygen atoms in total. The summed E-state index contributed by atoms with van der Waals surface area (Å²) in [5.74, 6) is -0.241. The summed E-state index contributed by atoms with van der Waals surface area (Å²) in [4.78, 5) is 13.5. The van der Waals surface area contributed by atoms with E-state index >= 15 is 0 Å². The Bertz CT molecular complexity index is 362. The number of halogens is 1. The van der Waals surface area contributed by atoms with Gasteiger partial charge in [0.2, 0.25) is 0 Å². The van der Waals surface area contributed by atoms with Crippen molar-refractivity contribution in [1.29, 1.82) is 0 Å². The first-order valence-electron chi connectivity index (χ1n) is 4.46. The van der Waals surface area contributed by atoms with E-state index in [4.69, 9.17) is 4.74 Å². The maximum atomic E-state index is 11.6. The molecule has 1 heterocycles. The van der Waals surface area contributed by atoms with Gasteiger partial charge in [0.1, 0.15) is 5.54 Å². The first kappa shape index (κ1) is 12.5. The molecular formula is C10H14BrNO2S. The molecule has 0 saturated carbocycles. The number of thiophene rings is 1. The number of esters is 1. The van der Waals surface area contributed by atoms with Gasteiger partial charge in [0, 0.05) is 16.9 Å². The van der Waals surface area contributed by atoms with E-state index in [2.05, 4.69) is 15.9 Å². The fourth-order valence-electron chi connectivity index (χ4n) is 1.14. The van der Waals surface area contributed by atoms with Gasteiger partial charge in [-0.25, -0.2) is 4.79 Å². The molecule has 0 unspecified atom stereocenters. The number of carbonyl (C=O) groups is 1. The van der Waals surface area contributed by atoms with Gasteiger partial charge in [-0.05, 0) is 35.8 Å². The Balaban J connectivity index is 2.93. The van der Waals surface area contributed by atoms with Crippen LogP contribution in [0.4, 0.5) is 5.00 Å². The number of rotatable bonds is 3. The van der Waals surface area contributed by atoms with Crippen molar-refractivity contribution >= 4 is 38.2 Å². The van der Waals surface area contributed by atoms with Crippen LogP contribution in [0.25, 0.3) is 0 Å². The van der Waals surface area contributed by atoms with E-state index in [1.165, 1.54) is 7.11 Å². The van der Waals surface area contributed by atoms with Crippen molar-refractivity contribution in [2.45, 2.75) is 19.4 Å². The average Bonchev–Trinajstić information content (AvgIpc) is 2.62. The van der Waals surface area contributed by atoms with Crippen molar-refractivity contribution < 1.29 is 9.53 Å². The van der Waals surface area contributed by atoms with Crippen molar-refractivity contribution in [3.05, 3.63) is 15.9 Å². The van der Waals surface area contributed by atoms with Gasteiger partial charge in [0.25, 0.3) is 0 Å². The van der Waals surface area contributed by atoms with Crippen molar-refractivity contribution in [2.24, 2.45) is 0 Å². The van der Waals surface area contributed by atoms with Gasteiger partial charge >= 0.3 is 5.97 Å². The molecule has 84 valence electrons. The summed E-state index contributed by atoms with van der Waals surface area (Å²) in [7, 11) is 3.29. The van der Waals surface area contributed by atoms with E-state index < -0.39 is 5.54 Å². The summed E-state index contributed by atoms with van der Waals surface area (Å²) < 4.78 is 5.80. The molecule has 5 heteroatoms. The molecular weight excluding hydrogens is 278 g/mol. The highest BCUT2D eigenvalue weighted by Gasteiger charge is 2.34. The van der Waals surface area contributed by atoms with Crippen molar-refractivity contribution in [1.82, 2.24) is 0 Å². The summed E-state index contributed by atoms with van der Waals surface area (Å²) >= 11 is 4.97. The Labute approximate surface area is 102 Å². The Morgan fingerprint density at radius 2 is 2.20 bits per heavy atom. The third-order valence-electron chi connectivity index (χ3n) is 2.41. The van der Waals surface area contributed by atoms with Crippen molar-refractivity contribution in [2.75, 3.05) is 19.1 Å². The molecule has 0 aliphatic carbocycles. The lowest BCUT2D eigenvalue weighted by molar-refractivity contribution is -0.145. The SMILES string of the molecule is COC(=O)C(C)(C)N(C)c1cc(Br)cs1. The topological polar surface area (TPSA) is 29.5 Å². The summed E-state index contributed by atoms with van der Waals surface area (Å²) in [5, 5.41) is 3.01. The molecule has 15 heavy (non-hydrogen) atoms. The minimum atomic E-state index is -0.654. The molecule has 1 aromatic heterocycles. The number of hydrogen-bond donors (Lipinski definition) is 0. The molecule has 0 bridgehead atoms. The van der Waals surface area contributed by atoms with Gasteiger partial charge in [0.05, 0.1) is 12.1 Å². The van der Waals surface area contributed by atoms with E-state index in [1.807, 2.05) is 37.2 Å². The van der Waals surface area contributed by atoms with Crippen LogP contribution < -0.4 is 4.90 Å². The lowest BCUT2D eigenvalue weighted by Crippen LogP contribution is -2.48. The van der Waals surface area contributed by atoms with Crippen LogP contribution >= 0.6 is 27.3 Å². The minimum absolute atomic E-state index is 0.241. The zero-order valence-corrected chi connectivity index (χ0v) is 11.6. The van der Waals surface area contributed by atoms with Crippen molar-refractivity contribution in [3.8, 4) is 0 Å². The van der Waals surface area contributed by atoms with E-state index in [1.54, 1.807) is 11.3 Å². The van der Waals surface area contributed by atoms with E-state index in [-0.39, 0.29) is 5.97 Å². The second-order valence-corrected chi connectivity index (χ2v) is 5.52. The van der Waals surface area contributed by atoms with Gasteiger partial charge in [-0.1, -0.05) is 0 Å². The highest BCUT2D eigenvalue weighted by atomic mass is 79.9. The Kier molecular flexibility index (Phi) is 3.78. The molecule has 0 N–H and O–H groups in total. The monoisotopic (exact) mass is 291 g/mol. The lowest BCUT2D eigenvalue weighted by atomic mass is 10.0. The summed E-state index contributed by atoms with van der Waals surface area (Å²) in [5.41, 5.74) is -0.654. The zero-order valence-electron chi connectivity index (χ0n) is 9.20. The third-order valence-corrected chi connectivity index (χ3v) is 4.17. The van der Waals surface area contributed by atoms with E-state index in [0.29, 0.717) is 0 Å². The Morgan fingerprint density at radius 1 is 1.60 bits per heavy atom. The molecule has 0 aromatic carbocycles. The summed E-state index contributed by atoms with van der Waals surface area (Å²) in [6, 6.07) is 1.98. The predicted octanol–water partition coefficient (Wildman–Crippen LogP) is 2.90. The van der Waals surface area contributed by atoms with Gasteiger partial charge in [-0.2, -0.15) is 0 Å². The van der Waals surface area contributed by atoms with Crippen LogP contribution in [0.1, 0.15) is 13.8 Å². The maximum Gasteiger partial charge on any atom is 0.331 e. The number of methoxy groups -OCH3 is 1. The normalized spacial score (nSPS) is 11.3. The highest BCUT2D eigenvalue weighted by molar-refractivity contribution is 9.10. The molecule has 1 aromatic rings. The number of carbonyl (C=O) groups excluding carboxylic acids is 1. The first-order valence-corrected chi connectivity index (χ1v) is 6.13. The fourth-order valence-corrected chi connectivity index (χ4v) is 2.67. The van der Waals surface area contributed by atoms with Crippen LogP contribution in [0, 0.1) is 0 Å². The quantitative estimate of drug-likeness (QED) is 0.802. The molecule has 0 aliphatic rings. The smallest absolute Gasteiger partial charge is 0.331 e. The number of ether oxygens (including phenoxy) is 1. The number of likely N-dealkylation sites (N-methyl/N-ethyl adjacent to an activating group) is 1. The van der Waals surface area contributed by atoms with E-state index in [9.17, 15) is 4.79 Å². The van der Waals surface area contributed by atoms with Crippen LogP contribution in [-0.2, 0) is 9.53 Å². The van der Waals surface area contributed by atoms with Crippen LogP contribution in [0.15, 0.2) is 15.9 Å². The Hall–Kier alpha value is -0.550. The average molecular weight is 292 g/mol. The standard InChI is InChI=1S/C10H14BrNO2S/c1-10(2,9(13)14-4)12(3)8-5-7(11)6-15-8/h5-6H,1-4H3. The highest BCUT2D eigenvalue weighted by Crippen LogP contribution is 2.31.